The Morgan fingerprint density at radius 2 is 1.31 bits per heavy atom. The molecule has 0 aliphatic heterocycles. The van der Waals surface area contributed by atoms with Crippen LogP contribution in [-0.4, -0.2) is 0 Å². The Labute approximate surface area is 111 Å². The smallest absolute Gasteiger partial charge is 0 e. The topological polar surface area (TPSA) is 0 Å². The van der Waals surface area contributed by atoms with E-state index in [1.165, 1.54) is 5.56 Å². The molecule has 0 nitrogen and oxygen atoms in total. The Hall–Kier alpha value is 0.324. The second kappa shape index (κ2) is 18.2. The van der Waals surface area contributed by atoms with Gasteiger partial charge in [-0.05, 0) is 12.0 Å². The summed E-state index contributed by atoms with van der Waals surface area (Å²) in [7, 11) is 0. The van der Waals surface area contributed by atoms with Gasteiger partial charge in [0.25, 0.3) is 0 Å². The van der Waals surface area contributed by atoms with Crippen LogP contribution in [0.3, 0.4) is 0 Å². The van der Waals surface area contributed by atoms with Crippen LogP contribution in [0.1, 0.15) is 27.3 Å². The standard InChI is InChI=1S/C8H10.2CH4.2CH3.Y/c1-2-8-6-4-3-5-7-8;;;;;/h3-7H,2H2,1H3;2*1H4;2*1H3;/q;;;2*-1;. The van der Waals surface area contributed by atoms with E-state index in [1.807, 2.05) is 6.07 Å². The molecule has 77 valence electrons. The monoisotopic (exact) mass is 257 g/mol. The second-order valence-electron chi connectivity index (χ2n) is 1.84. The third kappa shape index (κ3) is 12.3. The minimum absolute atomic E-state index is 0. The number of hydrogen-bond acceptors (Lipinski definition) is 0. The minimum Gasteiger partial charge on any atom is -0.358 e. The molecule has 1 heteroatoms. The van der Waals surface area contributed by atoms with Crippen LogP contribution in [-0.2, 0) is 39.1 Å². The van der Waals surface area contributed by atoms with Crippen molar-refractivity contribution < 1.29 is 32.7 Å². The summed E-state index contributed by atoms with van der Waals surface area (Å²) in [4.78, 5) is 0. The van der Waals surface area contributed by atoms with E-state index in [4.69, 9.17) is 0 Å². The van der Waals surface area contributed by atoms with E-state index >= 15 is 0 Å². The average molecular weight is 257 g/mol. The summed E-state index contributed by atoms with van der Waals surface area (Å²) in [5, 5.41) is 0. The molecule has 0 atom stereocenters. The van der Waals surface area contributed by atoms with Crippen LogP contribution in [0, 0.1) is 14.9 Å². The summed E-state index contributed by atoms with van der Waals surface area (Å²) in [6.45, 7) is 2.16. The summed E-state index contributed by atoms with van der Waals surface area (Å²) >= 11 is 0. The number of aryl methyl sites for hydroxylation is 1. The SMILES string of the molecule is C.C.CCc1ccccc1.[CH3-].[CH3-].[Y]. The van der Waals surface area contributed by atoms with Gasteiger partial charge in [0.05, 0.1) is 0 Å². The maximum absolute atomic E-state index is 2.16. The zero-order valence-electron chi connectivity index (χ0n) is 7.67. The summed E-state index contributed by atoms with van der Waals surface area (Å²) < 4.78 is 0. The van der Waals surface area contributed by atoms with Crippen LogP contribution < -0.4 is 0 Å². The van der Waals surface area contributed by atoms with Crippen LogP contribution in [0.2, 0.25) is 0 Å². The Morgan fingerprint density at radius 3 is 1.54 bits per heavy atom. The van der Waals surface area contributed by atoms with Crippen LogP contribution in [0.15, 0.2) is 30.3 Å². The molecular formula is C12H24Y-2. The maximum atomic E-state index is 2.16. The molecule has 0 amide bonds. The molecule has 1 radical (unpaired) electrons. The molecule has 0 aromatic heterocycles. The van der Waals surface area contributed by atoms with Gasteiger partial charge >= 0.3 is 0 Å². The van der Waals surface area contributed by atoms with Crippen molar-refractivity contribution in [2.24, 2.45) is 0 Å². The van der Waals surface area contributed by atoms with Gasteiger partial charge in [-0.15, -0.1) is 0 Å². The van der Waals surface area contributed by atoms with Gasteiger partial charge in [0.1, 0.15) is 0 Å². The first-order valence-electron chi connectivity index (χ1n) is 2.97. The predicted octanol–water partition coefficient (Wildman–Crippen LogP) is 4.42. The molecule has 1 aromatic rings. The van der Waals surface area contributed by atoms with E-state index in [0.717, 1.165) is 6.42 Å². The molecule has 0 bridgehead atoms. The summed E-state index contributed by atoms with van der Waals surface area (Å²) in [6, 6.07) is 10.5. The number of benzene rings is 1. The quantitative estimate of drug-likeness (QED) is 0.653. The van der Waals surface area contributed by atoms with Gasteiger partial charge in [0.2, 0.25) is 0 Å². The first-order valence-corrected chi connectivity index (χ1v) is 2.97. The maximum Gasteiger partial charge on any atom is 0 e. The van der Waals surface area contributed by atoms with Gasteiger partial charge in [-0.1, -0.05) is 52.1 Å². The molecule has 0 spiro atoms. The Bertz CT molecular complexity index is 146. The van der Waals surface area contributed by atoms with E-state index in [-0.39, 0.29) is 62.4 Å². The van der Waals surface area contributed by atoms with Crippen molar-refractivity contribution >= 4 is 0 Å². The molecule has 0 saturated heterocycles. The number of hydrogen-bond donors (Lipinski definition) is 0. The number of rotatable bonds is 1. The van der Waals surface area contributed by atoms with E-state index in [2.05, 4.69) is 31.2 Å². The predicted molar refractivity (Wildman–Crippen MR) is 62.1 cm³/mol. The molecule has 0 unspecified atom stereocenters. The molecule has 0 aliphatic carbocycles. The third-order valence-electron chi connectivity index (χ3n) is 1.25. The fourth-order valence-electron chi connectivity index (χ4n) is 0.714. The van der Waals surface area contributed by atoms with Gasteiger partial charge in [-0.2, -0.15) is 0 Å². The van der Waals surface area contributed by atoms with E-state index in [1.54, 1.807) is 0 Å². The van der Waals surface area contributed by atoms with Crippen molar-refractivity contribution in [2.75, 3.05) is 0 Å². The van der Waals surface area contributed by atoms with Gasteiger partial charge in [0, 0.05) is 32.7 Å². The van der Waals surface area contributed by atoms with Gasteiger partial charge in [-0.25, -0.2) is 0 Å². The summed E-state index contributed by atoms with van der Waals surface area (Å²) in [5.41, 5.74) is 1.41. The first-order chi connectivity index (χ1) is 3.93. The fourth-order valence-corrected chi connectivity index (χ4v) is 0.714. The summed E-state index contributed by atoms with van der Waals surface area (Å²) in [5.74, 6) is 0. The van der Waals surface area contributed by atoms with Crippen molar-refractivity contribution in [1.29, 1.82) is 0 Å². The molecule has 0 N–H and O–H groups in total. The molecule has 0 aliphatic rings. The average Bonchev–Trinajstić information content (AvgIpc) is 1.90. The molecule has 1 rings (SSSR count). The minimum atomic E-state index is 0. The van der Waals surface area contributed by atoms with Crippen molar-refractivity contribution in [1.82, 2.24) is 0 Å². The Morgan fingerprint density at radius 1 is 0.923 bits per heavy atom. The normalized spacial score (nSPS) is 5.62. The van der Waals surface area contributed by atoms with Crippen molar-refractivity contribution in [3.8, 4) is 0 Å². The zero-order chi connectivity index (χ0) is 5.82. The molecule has 0 saturated carbocycles. The van der Waals surface area contributed by atoms with Crippen LogP contribution >= 0.6 is 0 Å². The van der Waals surface area contributed by atoms with Crippen molar-refractivity contribution in [3.05, 3.63) is 50.7 Å². The van der Waals surface area contributed by atoms with Gasteiger partial charge in [-0.3, -0.25) is 0 Å². The van der Waals surface area contributed by atoms with Crippen molar-refractivity contribution in [2.45, 2.75) is 28.2 Å². The zero-order valence-corrected chi connectivity index (χ0v) is 10.5. The molecule has 0 heterocycles. The van der Waals surface area contributed by atoms with Crippen LogP contribution in [0.5, 0.6) is 0 Å². The molecular weight excluding hydrogens is 233 g/mol. The fraction of sp³-hybridized carbons (Fsp3) is 0.333. The van der Waals surface area contributed by atoms with Crippen LogP contribution in [0.4, 0.5) is 0 Å². The molecule has 0 fully saturated rings. The van der Waals surface area contributed by atoms with Crippen molar-refractivity contribution in [3.63, 3.8) is 0 Å². The van der Waals surface area contributed by atoms with E-state index < -0.39 is 0 Å². The Kier molecular flexibility index (Phi) is 40.8. The van der Waals surface area contributed by atoms with Gasteiger partial charge in [0.15, 0.2) is 0 Å². The third-order valence-corrected chi connectivity index (χ3v) is 1.25. The second-order valence-corrected chi connectivity index (χ2v) is 1.84. The molecule has 1 aromatic carbocycles. The first kappa shape index (κ1) is 29.2. The van der Waals surface area contributed by atoms with E-state index in [0.29, 0.717) is 0 Å². The largest absolute Gasteiger partial charge is 0.358 e. The molecule has 13 heavy (non-hydrogen) atoms. The summed E-state index contributed by atoms with van der Waals surface area (Å²) in [6.07, 6.45) is 1.14. The van der Waals surface area contributed by atoms with Gasteiger partial charge < -0.3 is 14.9 Å². The van der Waals surface area contributed by atoms with E-state index in [9.17, 15) is 0 Å². The van der Waals surface area contributed by atoms with Crippen LogP contribution in [0.25, 0.3) is 0 Å². The Balaban J connectivity index is -0.0000000427.